The van der Waals surface area contributed by atoms with Crippen LogP contribution in [0.2, 0.25) is 0 Å². The molecular formula is C13H9N3S. The van der Waals surface area contributed by atoms with Crippen LogP contribution in [0.15, 0.2) is 56.9 Å². The lowest BCUT2D eigenvalue weighted by Crippen LogP contribution is -2.39. The van der Waals surface area contributed by atoms with Gasteiger partial charge < -0.3 is 0 Å². The molecule has 0 fully saturated rings. The van der Waals surface area contributed by atoms with Gasteiger partial charge in [0, 0.05) is 22.9 Å². The number of fused-ring (bicyclic) bond motifs is 1. The highest BCUT2D eigenvalue weighted by Crippen LogP contribution is 2.50. The summed E-state index contributed by atoms with van der Waals surface area (Å²) in [6.07, 6.45) is 6.01. The van der Waals surface area contributed by atoms with Crippen molar-refractivity contribution in [3.63, 3.8) is 0 Å². The first kappa shape index (κ1) is 9.24. The highest BCUT2D eigenvalue weighted by molar-refractivity contribution is 8.06. The van der Waals surface area contributed by atoms with Crippen LogP contribution >= 0.6 is 11.8 Å². The maximum Gasteiger partial charge on any atom is 0.109 e. The Hall–Kier alpha value is -1.81. The number of para-hydroxylation sites is 1. The summed E-state index contributed by atoms with van der Waals surface area (Å²) in [4.78, 5) is 5.94. The molecule has 0 aliphatic carbocycles. The fraction of sp³-hybridized carbons (Fsp3) is 0.0769. The van der Waals surface area contributed by atoms with Crippen LogP contribution in [-0.2, 0) is 5.41 Å². The zero-order valence-electron chi connectivity index (χ0n) is 8.92. The summed E-state index contributed by atoms with van der Waals surface area (Å²) in [7, 11) is 0. The highest BCUT2D eigenvalue weighted by Gasteiger charge is 2.47. The number of benzene rings is 1. The van der Waals surface area contributed by atoms with Crippen molar-refractivity contribution in [1.82, 2.24) is 5.43 Å². The summed E-state index contributed by atoms with van der Waals surface area (Å²) in [5, 5.41) is 6.29. The Morgan fingerprint density at radius 2 is 2.18 bits per heavy atom. The third-order valence-electron chi connectivity index (χ3n) is 3.31. The minimum absolute atomic E-state index is 0.249. The average molecular weight is 239 g/mol. The van der Waals surface area contributed by atoms with Gasteiger partial charge in [-0.15, -0.1) is 0 Å². The van der Waals surface area contributed by atoms with Crippen LogP contribution in [0.1, 0.15) is 5.56 Å². The minimum atomic E-state index is -0.249. The van der Waals surface area contributed by atoms with Gasteiger partial charge in [-0.3, -0.25) is 10.4 Å². The average Bonchev–Trinajstić information content (AvgIpc) is 2.71. The molecule has 1 atom stereocenters. The molecule has 0 saturated carbocycles. The van der Waals surface area contributed by atoms with Gasteiger partial charge in [-0.2, -0.15) is 5.10 Å². The minimum Gasteiger partial charge on any atom is -0.285 e. The predicted octanol–water partition coefficient (Wildman–Crippen LogP) is 2.70. The molecule has 17 heavy (non-hydrogen) atoms. The molecule has 1 aromatic carbocycles. The zero-order valence-corrected chi connectivity index (χ0v) is 9.74. The molecular weight excluding hydrogens is 230 g/mol. The van der Waals surface area contributed by atoms with Crippen molar-refractivity contribution in [3.05, 3.63) is 52.4 Å². The van der Waals surface area contributed by atoms with Crippen LogP contribution in [0.3, 0.4) is 0 Å². The number of aliphatic imine (C=N–C) groups is 1. The molecule has 82 valence electrons. The maximum absolute atomic E-state index is 4.71. The smallest absolute Gasteiger partial charge is 0.109 e. The molecule has 1 N–H and O–H groups in total. The predicted molar refractivity (Wildman–Crippen MR) is 71.7 cm³/mol. The Bertz CT molecular complexity index is 627. The van der Waals surface area contributed by atoms with E-state index in [9.17, 15) is 0 Å². The molecule has 0 amide bonds. The van der Waals surface area contributed by atoms with Gasteiger partial charge in [0.15, 0.2) is 0 Å². The van der Waals surface area contributed by atoms with Gasteiger partial charge in [-0.05, 0) is 17.6 Å². The molecule has 0 saturated heterocycles. The maximum atomic E-state index is 4.71. The molecule has 3 nitrogen and oxygen atoms in total. The van der Waals surface area contributed by atoms with E-state index in [1.165, 1.54) is 10.5 Å². The second kappa shape index (κ2) is 3.11. The van der Waals surface area contributed by atoms with Gasteiger partial charge in [0.1, 0.15) is 5.41 Å². The fourth-order valence-corrected chi connectivity index (χ4v) is 3.45. The van der Waals surface area contributed by atoms with Crippen LogP contribution in [-0.4, -0.2) is 11.9 Å². The van der Waals surface area contributed by atoms with Gasteiger partial charge in [0.2, 0.25) is 0 Å². The Morgan fingerprint density at radius 1 is 1.24 bits per heavy atom. The van der Waals surface area contributed by atoms with Crippen molar-refractivity contribution in [2.75, 3.05) is 0 Å². The number of nitrogens with one attached hydrogen (secondary N) is 1. The second-order valence-electron chi connectivity index (χ2n) is 4.14. The summed E-state index contributed by atoms with van der Waals surface area (Å²) >= 11 is 1.72. The molecule has 1 unspecified atom stereocenters. The van der Waals surface area contributed by atoms with Gasteiger partial charge in [0.25, 0.3) is 0 Å². The SMILES string of the molecule is C1=CC2=Nc3ccccc3C23C=NNC=C3S1. The van der Waals surface area contributed by atoms with Crippen LogP contribution < -0.4 is 5.43 Å². The standard InChI is InChI=1S/C13H9N3S/c1-2-4-10-9(3-1)13-8-15-14-7-12(13)17-6-5-11(13)16-10/h1-8,14H. The molecule has 0 aromatic heterocycles. The third kappa shape index (κ3) is 1.03. The molecule has 1 aromatic rings. The van der Waals surface area contributed by atoms with Crippen LogP contribution in [0.25, 0.3) is 0 Å². The van der Waals surface area contributed by atoms with Crippen molar-refractivity contribution in [3.8, 4) is 0 Å². The first-order chi connectivity index (χ1) is 8.41. The molecule has 3 heterocycles. The Morgan fingerprint density at radius 3 is 3.18 bits per heavy atom. The summed E-state index contributed by atoms with van der Waals surface area (Å²) in [5.74, 6) is 0. The highest BCUT2D eigenvalue weighted by atomic mass is 32.2. The molecule has 3 aliphatic rings. The summed E-state index contributed by atoms with van der Waals surface area (Å²) in [6.45, 7) is 0. The van der Waals surface area contributed by atoms with E-state index in [0.29, 0.717) is 0 Å². The number of nitrogens with zero attached hydrogens (tertiary/aromatic N) is 2. The number of thioether (sulfide) groups is 1. The first-order valence-corrected chi connectivity index (χ1v) is 6.31. The number of hydrazone groups is 1. The van der Waals surface area contributed by atoms with E-state index in [1.807, 2.05) is 18.5 Å². The van der Waals surface area contributed by atoms with Gasteiger partial charge in [0.05, 0.1) is 11.4 Å². The van der Waals surface area contributed by atoms with E-state index in [0.717, 1.165) is 11.4 Å². The Labute approximate surface area is 103 Å². The topological polar surface area (TPSA) is 36.8 Å². The largest absolute Gasteiger partial charge is 0.285 e. The lowest BCUT2D eigenvalue weighted by molar-refractivity contribution is 0.865. The lowest BCUT2D eigenvalue weighted by atomic mass is 9.77. The molecule has 4 rings (SSSR count). The van der Waals surface area contributed by atoms with Gasteiger partial charge in [-0.1, -0.05) is 30.0 Å². The molecule has 0 radical (unpaired) electrons. The van der Waals surface area contributed by atoms with Gasteiger partial charge in [-0.25, -0.2) is 0 Å². The van der Waals surface area contributed by atoms with E-state index in [1.54, 1.807) is 11.8 Å². The van der Waals surface area contributed by atoms with Crippen molar-refractivity contribution in [1.29, 1.82) is 0 Å². The normalized spacial score (nSPS) is 27.5. The van der Waals surface area contributed by atoms with Crippen molar-refractivity contribution in [2.45, 2.75) is 5.41 Å². The van der Waals surface area contributed by atoms with Crippen LogP contribution in [0.4, 0.5) is 5.69 Å². The van der Waals surface area contributed by atoms with Crippen molar-refractivity contribution < 1.29 is 0 Å². The molecule has 4 heteroatoms. The number of hydrogen-bond acceptors (Lipinski definition) is 4. The van der Waals surface area contributed by atoms with Crippen LogP contribution in [0.5, 0.6) is 0 Å². The quantitative estimate of drug-likeness (QED) is 0.755. The molecule has 1 spiro atoms. The van der Waals surface area contributed by atoms with Crippen molar-refractivity contribution in [2.24, 2.45) is 10.1 Å². The summed E-state index contributed by atoms with van der Waals surface area (Å²) in [5.41, 5.74) is 6.01. The summed E-state index contributed by atoms with van der Waals surface area (Å²) in [6, 6.07) is 8.27. The molecule has 3 aliphatic heterocycles. The first-order valence-electron chi connectivity index (χ1n) is 5.43. The Balaban J connectivity index is 2.08. The van der Waals surface area contributed by atoms with Crippen molar-refractivity contribution >= 4 is 29.4 Å². The summed E-state index contributed by atoms with van der Waals surface area (Å²) < 4.78 is 0. The monoisotopic (exact) mass is 239 g/mol. The van der Waals surface area contributed by atoms with E-state index in [2.05, 4.69) is 40.2 Å². The fourth-order valence-electron chi connectivity index (χ4n) is 2.53. The third-order valence-corrected chi connectivity index (χ3v) is 4.28. The van der Waals surface area contributed by atoms with E-state index >= 15 is 0 Å². The number of rotatable bonds is 0. The Kier molecular flexibility index (Phi) is 1.69. The van der Waals surface area contributed by atoms with E-state index in [-0.39, 0.29) is 5.41 Å². The molecule has 0 bridgehead atoms. The number of allylic oxidation sites excluding steroid dienone is 2. The second-order valence-corrected chi connectivity index (χ2v) is 5.09. The van der Waals surface area contributed by atoms with E-state index in [4.69, 9.17) is 4.99 Å². The van der Waals surface area contributed by atoms with E-state index < -0.39 is 0 Å². The van der Waals surface area contributed by atoms with Crippen LogP contribution in [0, 0.1) is 0 Å². The number of hydrogen-bond donors (Lipinski definition) is 1. The zero-order chi connectivity index (χ0) is 11.3. The lowest BCUT2D eigenvalue weighted by Gasteiger charge is -2.33. The van der Waals surface area contributed by atoms with Gasteiger partial charge >= 0.3 is 0 Å².